The molecule has 1 aromatic rings. The topological polar surface area (TPSA) is 113 Å². The highest BCUT2D eigenvalue weighted by Crippen LogP contribution is 2.45. The summed E-state index contributed by atoms with van der Waals surface area (Å²) in [5, 5.41) is 12.7. The molecule has 1 aromatic carbocycles. The zero-order chi connectivity index (χ0) is 21.8. The van der Waals surface area contributed by atoms with Crippen molar-refractivity contribution < 1.29 is 19.5 Å². The minimum atomic E-state index is -1.16. The Bertz CT molecular complexity index is 996. The number of primary amides is 1. The van der Waals surface area contributed by atoms with E-state index in [1.54, 1.807) is 19.9 Å². The van der Waals surface area contributed by atoms with E-state index in [0.29, 0.717) is 18.8 Å². The Balaban J connectivity index is 1.67. The van der Waals surface area contributed by atoms with Crippen molar-refractivity contribution in [2.45, 2.75) is 63.6 Å². The van der Waals surface area contributed by atoms with E-state index < -0.39 is 35.0 Å². The van der Waals surface area contributed by atoms with E-state index in [0.717, 1.165) is 34.4 Å². The smallest absolute Gasteiger partial charge is 0.326 e. The summed E-state index contributed by atoms with van der Waals surface area (Å²) in [7, 11) is 0. The zero-order valence-electron chi connectivity index (χ0n) is 17.5. The number of carbonyl (C=O) groups excluding carboxylic acids is 3. The van der Waals surface area contributed by atoms with Gasteiger partial charge in [-0.25, -0.2) is 9.69 Å². The van der Waals surface area contributed by atoms with E-state index in [9.17, 15) is 19.5 Å². The number of hydrogen-bond donors (Lipinski definition) is 3. The number of amides is 4. The van der Waals surface area contributed by atoms with E-state index in [2.05, 4.69) is 17.2 Å². The summed E-state index contributed by atoms with van der Waals surface area (Å²) in [6, 6.07) is 3.98. The Kier molecular flexibility index (Phi) is 4.66. The largest absolute Gasteiger partial charge is 0.378 e. The predicted molar refractivity (Wildman–Crippen MR) is 110 cm³/mol. The minimum absolute atomic E-state index is 0.160. The van der Waals surface area contributed by atoms with Gasteiger partial charge in [0.1, 0.15) is 17.2 Å². The van der Waals surface area contributed by atoms with E-state index in [-0.39, 0.29) is 5.92 Å². The Hall–Kier alpha value is -2.85. The van der Waals surface area contributed by atoms with Crippen LogP contribution in [0.5, 0.6) is 0 Å². The Morgan fingerprint density at radius 3 is 2.67 bits per heavy atom. The summed E-state index contributed by atoms with van der Waals surface area (Å²) in [5.41, 5.74) is 5.77. The van der Waals surface area contributed by atoms with Crippen LogP contribution in [0.3, 0.4) is 0 Å². The number of aryl methyl sites for hydroxylation is 1. The van der Waals surface area contributed by atoms with Gasteiger partial charge in [-0.1, -0.05) is 24.8 Å². The lowest BCUT2D eigenvalue weighted by molar-refractivity contribution is -0.139. The molecule has 0 radical (unpaired) electrons. The number of nitrogens with one attached hydrogen (secondary N) is 1. The zero-order valence-corrected chi connectivity index (χ0v) is 17.5. The summed E-state index contributed by atoms with van der Waals surface area (Å²) in [5.74, 6) is 4.82. The van der Waals surface area contributed by atoms with E-state index >= 15 is 0 Å². The lowest BCUT2D eigenvalue weighted by Gasteiger charge is -2.29. The number of benzene rings is 1. The monoisotopic (exact) mass is 409 g/mol. The highest BCUT2D eigenvalue weighted by atomic mass is 16.3. The first-order valence-corrected chi connectivity index (χ1v) is 10.4. The quantitative estimate of drug-likeness (QED) is 0.515. The van der Waals surface area contributed by atoms with Gasteiger partial charge in [-0.3, -0.25) is 9.59 Å². The fourth-order valence-corrected chi connectivity index (χ4v) is 4.68. The molecule has 158 valence electrons. The predicted octanol–water partition coefficient (Wildman–Crippen LogP) is 1.40. The normalized spacial score (nSPS) is 24.9. The molecule has 1 spiro atoms. The van der Waals surface area contributed by atoms with Crippen LogP contribution in [-0.4, -0.2) is 39.5 Å². The van der Waals surface area contributed by atoms with Crippen molar-refractivity contribution in [3.8, 4) is 11.8 Å². The summed E-state index contributed by atoms with van der Waals surface area (Å²) in [6.45, 7) is 5.11. The molecule has 30 heavy (non-hydrogen) atoms. The molecule has 2 unspecified atom stereocenters. The Morgan fingerprint density at radius 1 is 1.37 bits per heavy atom. The van der Waals surface area contributed by atoms with Crippen LogP contribution in [0.25, 0.3) is 0 Å². The summed E-state index contributed by atoms with van der Waals surface area (Å²) in [4.78, 5) is 39.6. The number of imide groups is 1. The molecule has 1 heterocycles. The first-order chi connectivity index (χ1) is 14.0. The maximum absolute atomic E-state index is 13.5. The number of aliphatic hydroxyl groups is 1. The molecule has 4 rings (SSSR count). The van der Waals surface area contributed by atoms with Gasteiger partial charge in [0.05, 0.1) is 0 Å². The second-order valence-corrected chi connectivity index (χ2v) is 9.24. The summed E-state index contributed by atoms with van der Waals surface area (Å²) in [6.07, 6.45) is 3.00. The molecule has 4 N–H and O–H groups in total. The van der Waals surface area contributed by atoms with Crippen LogP contribution < -0.4 is 11.1 Å². The highest BCUT2D eigenvalue weighted by Gasteiger charge is 2.59. The third-order valence-corrected chi connectivity index (χ3v) is 6.40. The number of carbonyl (C=O) groups is 3. The lowest BCUT2D eigenvalue weighted by atomic mass is 9.89. The fraction of sp³-hybridized carbons (Fsp3) is 0.522. The molecule has 7 heteroatoms. The van der Waals surface area contributed by atoms with Gasteiger partial charge in [-0.05, 0) is 74.6 Å². The van der Waals surface area contributed by atoms with Gasteiger partial charge < -0.3 is 16.2 Å². The number of nitrogens with zero attached hydrogens (tertiary/aromatic N) is 1. The van der Waals surface area contributed by atoms with Crippen LogP contribution in [0.15, 0.2) is 18.2 Å². The molecule has 4 amide bonds. The van der Waals surface area contributed by atoms with Gasteiger partial charge in [-0.2, -0.15) is 0 Å². The van der Waals surface area contributed by atoms with E-state index in [4.69, 9.17) is 5.73 Å². The molecular weight excluding hydrogens is 382 g/mol. The lowest BCUT2D eigenvalue weighted by Crippen LogP contribution is -2.53. The average molecular weight is 409 g/mol. The molecule has 0 bridgehead atoms. The number of nitrogens with two attached hydrogens (primary N) is 1. The minimum Gasteiger partial charge on any atom is -0.378 e. The summed E-state index contributed by atoms with van der Waals surface area (Å²) < 4.78 is 0. The van der Waals surface area contributed by atoms with Crippen LogP contribution in [0, 0.1) is 23.7 Å². The Labute approximate surface area is 176 Å². The molecule has 3 aliphatic rings. The third-order valence-electron chi connectivity index (χ3n) is 6.40. The van der Waals surface area contributed by atoms with E-state index in [1.165, 1.54) is 0 Å². The maximum atomic E-state index is 13.5. The van der Waals surface area contributed by atoms with Crippen LogP contribution in [0.1, 0.15) is 56.7 Å². The van der Waals surface area contributed by atoms with Crippen molar-refractivity contribution in [1.82, 2.24) is 10.2 Å². The number of hydrogen-bond acceptors (Lipinski definition) is 4. The number of urea groups is 1. The van der Waals surface area contributed by atoms with Crippen molar-refractivity contribution in [3.63, 3.8) is 0 Å². The van der Waals surface area contributed by atoms with Crippen LogP contribution >= 0.6 is 0 Å². The first kappa shape index (κ1) is 20.4. The van der Waals surface area contributed by atoms with Gasteiger partial charge in [0.15, 0.2) is 0 Å². The molecule has 1 saturated carbocycles. The van der Waals surface area contributed by atoms with Crippen molar-refractivity contribution in [2.24, 2.45) is 17.6 Å². The summed E-state index contributed by atoms with van der Waals surface area (Å²) >= 11 is 0. The average Bonchev–Trinajstić information content (AvgIpc) is 3.41. The molecule has 2 fully saturated rings. The Morgan fingerprint density at radius 2 is 2.07 bits per heavy atom. The maximum Gasteiger partial charge on any atom is 0.326 e. The highest BCUT2D eigenvalue weighted by molar-refractivity contribution is 6.10. The van der Waals surface area contributed by atoms with Crippen LogP contribution in [0.2, 0.25) is 0 Å². The standard InChI is InChI=1S/C23H27N3O4/c1-13(15-5-6-15)18(19(24)27)26-20(28)23(25-21(26)29)11-9-16-12-14(4-7-17(16)23)8-10-22(2,3)30/h4,7,12-13,15,18,30H,5-6,9,11H2,1-3H3,(H2,24,27)(H,25,29)/t13-,18?,23?/m0/s1. The molecule has 3 atom stereocenters. The van der Waals surface area contributed by atoms with E-state index in [1.807, 2.05) is 19.1 Å². The second-order valence-electron chi connectivity index (χ2n) is 9.24. The van der Waals surface area contributed by atoms with Crippen LogP contribution in [-0.2, 0) is 21.5 Å². The molecular formula is C23H27N3O4. The van der Waals surface area contributed by atoms with Crippen molar-refractivity contribution in [1.29, 1.82) is 0 Å². The molecule has 1 aliphatic heterocycles. The second kappa shape index (κ2) is 6.85. The van der Waals surface area contributed by atoms with Gasteiger partial charge >= 0.3 is 6.03 Å². The fourth-order valence-electron chi connectivity index (χ4n) is 4.68. The molecule has 2 aliphatic carbocycles. The van der Waals surface area contributed by atoms with Crippen LogP contribution in [0.4, 0.5) is 4.79 Å². The molecule has 7 nitrogen and oxygen atoms in total. The third kappa shape index (κ3) is 3.35. The van der Waals surface area contributed by atoms with Gasteiger partial charge in [0.25, 0.3) is 5.91 Å². The molecule has 1 saturated heterocycles. The molecule has 0 aromatic heterocycles. The van der Waals surface area contributed by atoms with Crippen molar-refractivity contribution in [3.05, 3.63) is 34.9 Å². The number of fused-ring (bicyclic) bond motifs is 2. The number of rotatable bonds is 4. The van der Waals surface area contributed by atoms with Crippen molar-refractivity contribution >= 4 is 17.8 Å². The van der Waals surface area contributed by atoms with Gasteiger partial charge in [-0.15, -0.1) is 0 Å². The van der Waals surface area contributed by atoms with Gasteiger partial charge in [0.2, 0.25) is 5.91 Å². The van der Waals surface area contributed by atoms with Gasteiger partial charge in [0, 0.05) is 5.56 Å². The van der Waals surface area contributed by atoms with Crippen molar-refractivity contribution in [2.75, 3.05) is 0 Å². The first-order valence-electron chi connectivity index (χ1n) is 10.4. The SMILES string of the molecule is C[C@@H](C1CC1)C(C(N)=O)N1C(=O)NC2(CCc3cc(C#CC(C)(C)O)ccc32)C1=O.